The molecule has 1 aromatic carbocycles. The zero-order valence-corrected chi connectivity index (χ0v) is 14.8. The van der Waals surface area contributed by atoms with Crippen LogP contribution in [0.1, 0.15) is 24.1 Å². The van der Waals surface area contributed by atoms with Gasteiger partial charge < -0.3 is 10.6 Å². The average Bonchev–Trinajstić information content (AvgIpc) is 2.49. The number of nitrogens with one attached hydrogen (secondary N) is 2. The van der Waals surface area contributed by atoms with E-state index in [1.54, 1.807) is 6.20 Å². The highest BCUT2D eigenvalue weighted by molar-refractivity contribution is 9.10. The second kappa shape index (κ2) is 7.20. The fraction of sp³-hybridized carbons (Fsp3) is 0.200. The van der Waals surface area contributed by atoms with Gasteiger partial charge in [-0.1, -0.05) is 41.9 Å². The first-order valence-electron chi connectivity index (χ1n) is 6.42. The minimum Gasteiger partial charge on any atom is -0.356 e. The summed E-state index contributed by atoms with van der Waals surface area (Å²) in [5.74, 6) is 0.551. The molecule has 0 radical (unpaired) electrons. The van der Waals surface area contributed by atoms with Gasteiger partial charge in [-0.25, -0.2) is 4.98 Å². The lowest BCUT2D eigenvalue weighted by Crippen LogP contribution is -2.31. The summed E-state index contributed by atoms with van der Waals surface area (Å²) < 4.78 is 0.870. The average molecular weight is 385 g/mol. The molecule has 0 amide bonds. The quantitative estimate of drug-likeness (QED) is 0.742. The first kappa shape index (κ1) is 16.2. The molecule has 2 aromatic rings. The molecule has 6 heteroatoms. The summed E-state index contributed by atoms with van der Waals surface area (Å²) in [6.07, 6.45) is 1.70. The highest BCUT2D eigenvalue weighted by atomic mass is 79.9. The lowest BCUT2D eigenvalue weighted by atomic mass is 10.1. The molecule has 0 bridgehead atoms. The van der Waals surface area contributed by atoms with Crippen LogP contribution < -0.4 is 10.6 Å². The van der Waals surface area contributed by atoms with Gasteiger partial charge in [-0.15, -0.1) is 0 Å². The normalized spacial score (nSPS) is 11.8. The Balaban J connectivity index is 2.04. The van der Waals surface area contributed by atoms with Crippen molar-refractivity contribution in [2.24, 2.45) is 0 Å². The summed E-state index contributed by atoms with van der Waals surface area (Å²) in [7, 11) is 0. The van der Waals surface area contributed by atoms with Gasteiger partial charge in [-0.2, -0.15) is 0 Å². The lowest BCUT2D eigenvalue weighted by Gasteiger charge is -2.18. The Morgan fingerprint density at radius 2 is 2.00 bits per heavy atom. The Kier molecular flexibility index (Phi) is 5.56. The van der Waals surface area contributed by atoms with E-state index in [-0.39, 0.29) is 6.04 Å². The molecule has 0 spiro atoms. The van der Waals surface area contributed by atoms with Crippen LogP contribution in [0.25, 0.3) is 0 Å². The largest absolute Gasteiger partial charge is 0.356 e. The number of rotatable bonds is 3. The molecule has 0 unspecified atom stereocenters. The van der Waals surface area contributed by atoms with Crippen molar-refractivity contribution < 1.29 is 0 Å². The third kappa shape index (κ3) is 4.15. The fourth-order valence-corrected chi connectivity index (χ4v) is 2.70. The summed E-state index contributed by atoms with van der Waals surface area (Å²) in [5, 5.41) is 7.30. The number of thiocarbonyl (C=S) groups is 1. The van der Waals surface area contributed by atoms with Crippen LogP contribution in [0, 0.1) is 6.92 Å². The van der Waals surface area contributed by atoms with E-state index in [0.29, 0.717) is 16.0 Å². The molecule has 0 saturated carbocycles. The van der Waals surface area contributed by atoms with Crippen LogP contribution in [0.4, 0.5) is 5.82 Å². The maximum atomic E-state index is 6.25. The van der Waals surface area contributed by atoms with Gasteiger partial charge in [0.15, 0.2) is 10.9 Å². The van der Waals surface area contributed by atoms with Gasteiger partial charge in [0.2, 0.25) is 0 Å². The van der Waals surface area contributed by atoms with Gasteiger partial charge >= 0.3 is 0 Å². The third-order valence-corrected chi connectivity index (χ3v) is 4.56. The van der Waals surface area contributed by atoms with Gasteiger partial charge in [0.05, 0.1) is 11.1 Å². The summed E-state index contributed by atoms with van der Waals surface area (Å²) >= 11 is 15.0. The zero-order valence-electron chi connectivity index (χ0n) is 11.7. The van der Waals surface area contributed by atoms with E-state index in [9.17, 15) is 0 Å². The number of nitrogens with zero attached hydrogens (tertiary/aromatic N) is 1. The first-order chi connectivity index (χ1) is 9.99. The highest BCUT2D eigenvalue weighted by Crippen LogP contribution is 2.28. The van der Waals surface area contributed by atoms with Crippen LogP contribution >= 0.6 is 39.7 Å². The molecular formula is C15H15BrClN3S. The molecule has 0 aliphatic heterocycles. The molecule has 1 heterocycles. The third-order valence-electron chi connectivity index (χ3n) is 3.08. The predicted octanol–water partition coefficient (Wildman–Crippen LogP) is 4.85. The van der Waals surface area contributed by atoms with Crippen molar-refractivity contribution in [2.45, 2.75) is 19.9 Å². The molecule has 1 atom stereocenters. The van der Waals surface area contributed by atoms with Gasteiger partial charge in [-0.05, 0) is 53.1 Å². The van der Waals surface area contributed by atoms with Crippen LogP contribution in [0.3, 0.4) is 0 Å². The number of hydrogen-bond acceptors (Lipinski definition) is 2. The van der Waals surface area contributed by atoms with Crippen molar-refractivity contribution in [3.8, 4) is 0 Å². The van der Waals surface area contributed by atoms with Crippen LogP contribution in [0.15, 0.2) is 41.0 Å². The Hall–Kier alpha value is -1.17. The van der Waals surface area contributed by atoms with E-state index in [1.807, 2.05) is 32.0 Å². The van der Waals surface area contributed by atoms with E-state index in [0.717, 1.165) is 15.6 Å². The molecule has 1 aromatic heterocycles. The predicted molar refractivity (Wildman–Crippen MR) is 95.9 cm³/mol. The number of anilines is 1. The molecule has 2 rings (SSSR count). The molecule has 21 heavy (non-hydrogen) atoms. The van der Waals surface area contributed by atoms with Crippen LogP contribution in [0.5, 0.6) is 0 Å². The molecule has 0 fully saturated rings. The van der Waals surface area contributed by atoms with Crippen molar-refractivity contribution in [2.75, 3.05) is 5.32 Å². The van der Waals surface area contributed by atoms with E-state index in [1.165, 1.54) is 0 Å². The van der Waals surface area contributed by atoms with Crippen LogP contribution in [0.2, 0.25) is 5.02 Å². The monoisotopic (exact) mass is 383 g/mol. The number of hydrogen-bond donors (Lipinski definition) is 2. The van der Waals surface area contributed by atoms with Gasteiger partial charge in [-0.3, -0.25) is 0 Å². The second-order valence-corrected chi connectivity index (χ2v) is 6.27. The first-order valence-corrected chi connectivity index (χ1v) is 8.00. The van der Waals surface area contributed by atoms with Crippen molar-refractivity contribution in [3.63, 3.8) is 0 Å². The maximum Gasteiger partial charge on any atom is 0.172 e. The van der Waals surface area contributed by atoms with E-state index in [2.05, 4.69) is 43.7 Å². The molecule has 110 valence electrons. The number of aromatic nitrogens is 1. The SMILES string of the molecule is Cc1c(Br)cnc(NC(=S)N[C@@H](C)c2ccccc2)c1Cl. The number of pyridine rings is 1. The molecule has 3 nitrogen and oxygen atoms in total. The number of benzene rings is 1. The molecule has 2 N–H and O–H groups in total. The second-order valence-electron chi connectivity index (χ2n) is 4.62. The minimum atomic E-state index is 0.0986. The highest BCUT2D eigenvalue weighted by Gasteiger charge is 2.11. The van der Waals surface area contributed by atoms with E-state index in [4.69, 9.17) is 23.8 Å². The Morgan fingerprint density at radius 3 is 2.67 bits per heavy atom. The number of halogens is 2. The lowest BCUT2D eigenvalue weighted by molar-refractivity contribution is 0.722. The Bertz CT molecular complexity index is 649. The topological polar surface area (TPSA) is 37.0 Å². The molecule has 0 aliphatic carbocycles. The summed E-state index contributed by atoms with van der Waals surface area (Å²) in [6.45, 7) is 3.97. The van der Waals surface area contributed by atoms with Crippen molar-refractivity contribution >= 4 is 50.7 Å². The van der Waals surface area contributed by atoms with E-state index >= 15 is 0 Å². The van der Waals surface area contributed by atoms with Gasteiger partial charge in [0.1, 0.15) is 0 Å². The fourth-order valence-electron chi connectivity index (χ4n) is 1.81. The van der Waals surface area contributed by atoms with Gasteiger partial charge in [0, 0.05) is 10.7 Å². The molecular weight excluding hydrogens is 370 g/mol. The zero-order chi connectivity index (χ0) is 15.4. The van der Waals surface area contributed by atoms with Crippen LogP contribution in [-0.2, 0) is 0 Å². The smallest absolute Gasteiger partial charge is 0.172 e. The summed E-state index contributed by atoms with van der Waals surface area (Å²) in [6, 6.07) is 10.2. The van der Waals surface area contributed by atoms with Crippen molar-refractivity contribution in [1.29, 1.82) is 0 Å². The summed E-state index contributed by atoms with van der Waals surface area (Å²) in [5.41, 5.74) is 2.08. The van der Waals surface area contributed by atoms with Gasteiger partial charge in [0.25, 0.3) is 0 Å². The van der Waals surface area contributed by atoms with E-state index < -0.39 is 0 Å². The Labute approximate surface area is 143 Å². The van der Waals surface area contributed by atoms with Crippen molar-refractivity contribution in [1.82, 2.24) is 10.3 Å². The Morgan fingerprint density at radius 1 is 1.33 bits per heavy atom. The maximum absolute atomic E-state index is 6.25. The van der Waals surface area contributed by atoms with Crippen molar-refractivity contribution in [3.05, 3.63) is 57.2 Å². The standard InChI is InChI=1S/C15H15BrClN3S/c1-9-12(16)8-18-14(13(9)17)20-15(21)19-10(2)11-6-4-3-5-7-11/h3-8,10H,1-2H3,(H2,18,19,20,21)/t10-/m0/s1. The van der Waals surface area contributed by atoms with Crippen LogP contribution in [-0.4, -0.2) is 10.1 Å². The molecule has 0 aliphatic rings. The molecule has 0 saturated heterocycles. The minimum absolute atomic E-state index is 0.0986. The summed E-state index contributed by atoms with van der Waals surface area (Å²) in [4.78, 5) is 4.24.